The highest BCUT2D eigenvalue weighted by molar-refractivity contribution is 5.76. The number of fused-ring (bicyclic) bond motifs is 3. The normalized spacial score (nSPS) is 22.8. The fraction of sp³-hybridized carbons (Fsp3) is 0.500. The second-order valence-corrected chi connectivity index (χ2v) is 6.64. The van der Waals surface area contributed by atoms with E-state index >= 15 is 0 Å². The third kappa shape index (κ3) is 2.82. The van der Waals surface area contributed by atoms with Crippen LogP contribution in [-0.2, 0) is 22.6 Å². The third-order valence-electron chi connectivity index (χ3n) is 5.15. The van der Waals surface area contributed by atoms with Gasteiger partial charge in [0.25, 0.3) is 0 Å². The van der Waals surface area contributed by atoms with E-state index in [-0.39, 0.29) is 18.1 Å². The van der Waals surface area contributed by atoms with Gasteiger partial charge in [0, 0.05) is 19.5 Å². The lowest BCUT2D eigenvalue weighted by atomic mass is 9.99. The SMILES string of the molecule is Cc1ccccc1CCC(=O)N1CC[C@H]2[C@H](C1)OCc1cnnn12. The van der Waals surface area contributed by atoms with Gasteiger partial charge in [0.2, 0.25) is 5.91 Å². The maximum Gasteiger partial charge on any atom is 0.222 e. The van der Waals surface area contributed by atoms with Crippen LogP contribution in [0.5, 0.6) is 0 Å². The van der Waals surface area contributed by atoms with Crippen molar-refractivity contribution < 1.29 is 9.53 Å². The minimum atomic E-state index is 0.0235. The highest BCUT2D eigenvalue weighted by Crippen LogP contribution is 2.30. The van der Waals surface area contributed by atoms with Crippen LogP contribution in [0.4, 0.5) is 0 Å². The summed E-state index contributed by atoms with van der Waals surface area (Å²) >= 11 is 0. The first-order valence-electron chi connectivity index (χ1n) is 8.55. The Hall–Kier alpha value is -2.21. The van der Waals surface area contributed by atoms with Gasteiger partial charge in [-0.05, 0) is 30.9 Å². The summed E-state index contributed by atoms with van der Waals surface area (Å²) in [7, 11) is 0. The molecule has 0 saturated carbocycles. The van der Waals surface area contributed by atoms with Crippen molar-refractivity contribution in [3.8, 4) is 0 Å². The van der Waals surface area contributed by atoms with Crippen molar-refractivity contribution in [3.63, 3.8) is 0 Å². The standard InChI is InChI=1S/C18H22N4O2/c1-13-4-2-3-5-14(13)6-7-18(23)21-9-8-16-17(11-21)24-12-15-10-19-20-22(15)16/h2-5,10,16-17H,6-9,11-12H2,1H3/t16-,17-/m0/s1. The molecule has 2 aromatic rings. The van der Waals surface area contributed by atoms with Crippen LogP contribution in [0.3, 0.4) is 0 Å². The first kappa shape index (κ1) is 15.3. The predicted molar refractivity (Wildman–Crippen MR) is 88.3 cm³/mol. The van der Waals surface area contributed by atoms with Crippen molar-refractivity contribution in [3.05, 3.63) is 47.3 Å². The monoisotopic (exact) mass is 326 g/mol. The molecule has 4 rings (SSSR count). The number of ether oxygens (including phenoxy) is 1. The quantitative estimate of drug-likeness (QED) is 0.864. The van der Waals surface area contributed by atoms with Crippen LogP contribution in [0.2, 0.25) is 0 Å². The molecule has 1 aromatic carbocycles. The number of piperidine rings is 1. The van der Waals surface area contributed by atoms with Crippen molar-refractivity contribution in [1.82, 2.24) is 19.9 Å². The van der Waals surface area contributed by atoms with Crippen molar-refractivity contribution in [2.75, 3.05) is 13.1 Å². The zero-order valence-corrected chi connectivity index (χ0v) is 13.9. The molecule has 2 atom stereocenters. The molecule has 0 spiro atoms. The summed E-state index contributed by atoms with van der Waals surface area (Å²) in [5, 5.41) is 8.15. The van der Waals surface area contributed by atoms with E-state index in [0.29, 0.717) is 19.6 Å². The summed E-state index contributed by atoms with van der Waals surface area (Å²) in [5.74, 6) is 0.213. The second kappa shape index (κ2) is 6.36. The maximum absolute atomic E-state index is 12.6. The van der Waals surface area contributed by atoms with Gasteiger partial charge >= 0.3 is 0 Å². The average molecular weight is 326 g/mol. The van der Waals surface area contributed by atoms with Gasteiger partial charge in [0.15, 0.2) is 0 Å². The zero-order valence-electron chi connectivity index (χ0n) is 13.9. The molecule has 6 heteroatoms. The van der Waals surface area contributed by atoms with Crippen LogP contribution in [0, 0.1) is 6.92 Å². The molecule has 1 saturated heterocycles. The lowest BCUT2D eigenvalue weighted by molar-refractivity contribution is -0.139. The summed E-state index contributed by atoms with van der Waals surface area (Å²) in [6.45, 7) is 4.03. The van der Waals surface area contributed by atoms with Gasteiger partial charge in [-0.2, -0.15) is 0 Å². The Kier molecular flexibility index (Phi) is 4.06. The molecule has 3 heterocycles. The maximum atomic E-state index is 12.6. The van der Waals surface area contributed by atoms with Crippen LogP contribution < -0.4 is 0 Å². The Morgan fingerprint density at radius 3 is 3.12 bits per heavy atom. The highest BCUT2D eigenvalue weighted by Gasteiger charge is 2.37. The van der Waals surface area contributed by atoms with E-state index in [4.69, 9.17) is 4.74 Å². The van der Waals surface area contributed by atoms with Gasteiger partial charge in [-0.1, -0.05) is 29.5 Å². The number of carbonyl (C=O) groups excluding carboxylic acids is 1. The van der Waals surface area contributed by atoms with Crippen molar-refractivity contribution in [2.45, 2.75) is 44.9 Å². The molecule has 0 unspecified atom stereocenters. The van der Waals surface area contributed by atoms with E-state index < -0.39 is 0 Å². The Balaban J connectivity index is 1.37. The minimum Gasteiger partial charge on any atom is -0.368 e. The predicted octanol–water partition coefficient (Wildman–Crippen LogP) is 1.89. The molecular formula is C18H22N4O2. The molecule has 126 valence electrons. The molecule has 2 aliphatic rings. The Bertz CT molecular complexity index is 742. The van der Waals surface area contributed by atoms with Gasteiger partial charge < -0.3 is 9.64 Å². The van der Waals surface area contributed by atoms with E-state index in [1.165, 1.54) is 11.1 Å². The van der Waals surface area contributed by atoms with E-state index in [1.54, 1.807) is 6.20 Å². The van der Waals surface area contributed by atoms with E-state index in [0.717, 1.165) is 25.1 Å². The van der Waals surface area contributed by atoms with Gasteiger partial charge in [-0.3, -0.25) is 4.79 Å². The van der Waals surface area contributed by atoms with Gasteiger partial charge in [-0.15, -0.1) is 5.10 Å². The number of hydrogen-bond donors (Lipinski definition) is 0. The largest absolute Gasteiger partial charge is 0.368 e. The molecule has 0 aliphatic carbocycles. The van der Waals surface area contributed by atoms with Crippen LogP contribution in [-0.4, -0.2) is 45.0 Å². The van der Waals surface area contributed by atoms with Gasteiger partial charge in [0.1, 0.15) is 0 Å². The molecule has 1 amide bonds. The van der Waals surface area contributed by atoms with Crippen LogP contribution in [0.25, 0.3) is 0 Å². The van der Waals surface area contributed by atoms with Crippen LogP contribution in [0.15, 0.2) is 30.5 Å². The van der Waals surface area contributed by atoms with Crippen LogP contribution in [0.1, 0.15) is 35.7 Å². The first-order valence-corrected chi connectivity index (χ1v) is 8.55. The third-order valence-corrected chi connectivity index (χ3v) is 5.15. The number of aromatic nitrogens is 3. The number of amides is 1. The summed E-state index contributed by atoms with van der Waals surface area (Å²) in [4.78, 5) is 14.5. The molecule has 2 aliphatic heterocycles. The summed E-state index contributed by atoms with van der Waals surface area (Å²) in [6, 6.07) is 8.47. The minimum absolute atomic E-state index is 0.0235. The highest BCUT2D eigenvalue weighted by atomic mass is 16.5. The number of hydrogen-bond acceptors (Lipinski definition) is 4. The van der Waals surface area contributed by atoms with E-state index in [9.17, 15) is 4.79 Å². The Morgan fingerprint density at radius 1 is 1.38 bits per heavy atom. The average Bonchev–Trinajstić information content (AvgIpc) is 3.09. The van der Waals surface area contributed by atoms with Gasteiger partial charge in [-0.25, -0.2) is 4.68 Å². The number of likely N-dealkylation sites (tertiary alicyclic amines) is 1. The van der Waals surface area contributed by atoms with Crippen molar-refractivity contribution >= 4 is 5.91 Å². The number of carbonyl (C=O) groups is 1. The van der Waals surface area contributed by atoms with E-state index in [1.807, 2.05) is 21.7 Å². The number of nitrogens with zero attached hydrogens (tertiary/aromatic N) is 4. The smallest absolute Gasteiger partial charge is 0.222 e. The summed E-state index contributed by atoms with van der Waals surface area (Å²) < 4.78 is 7.91. The number of aryl methyl sites for hydroxylation is 2. The molecule has 6 nitrogen and oxygen atoms in total. The lowest BCUT2D eigenvalue weighted by Gasteiger charge is -2.41. The van der Waals surface area contributed by atoms with E-state index in [2.05, 4.69) is 29.4 Å². The Morgan fingerprint density at radius 2 is 2.25 bits per heavy atom. The summed E-state index contributed by atoms with van der Waals surface area (Å²) in [6.07, 6.45) is 4.00. The lowest BCUT2D eigenvalue weighted by Crippen LogP contribution is -2.50. The fourth-order valence-corrected chi connectivity index (χ4v) is 3.70. The first-order chi connectivity index (χ1) is 11.7. The number of benzene rings is 1. The molecule has 0 bridgehead atoms. The fourth-order valence-electron chi connectivity index (χ4n) is 3.70. The Labute approximate surface area is 141 Å². The molecule has 1 aromatic heterocycles. The second-order valence-electron chi connectivity index (χ2n) is 6.64. The van der Waals surface area contributed by atoms with Crippen molar-refractivity contribution in [1.29, 1.82) is 0 Å². The molecule has 0 N–H and O–H groups in total. The summed E-state index contributed by atoms with van der Waals surface area (Å²) in [5.41, 5.74) is 3.52. The molecule has 1 fully saturated rings. The molecule has 0 radical (unpaired) electrons. The molecule has 24 heavy (non-hydrogen) atoms. The van der Waals surface area contributed by atoms with Crippen molar-refractivity contribution in [2.24, 2.45) is 0 Å². The topological polar surface area (TPSA) is 60.3 Å². The number of rotatable bonds is 3. The zero-order chi connectivity index (χ0) is 16.5. The van der Waals surface area contributed by atoms with Gasteiger partial charge in [0.05, 0.1) is 30.6 Å². The molecular weight excluding hydrogens is 304 g/mol. The van der Waals surface area contributed by atoms with Crippen LogP contribution >= 0.6 is 0 Å².